The first-order valence-electron chi connectivity index (χ1n) is 5.45. The molecule has 2 aromatic rings. The lowest BCUT2D eigenvalue weighted by Gasteiger charge is -2.07. The highest BCUT2D eigenvalue weighted by molar-refractivity contribution is 9.10. The maximum absolute atomic E-state index is 10.9. The Labute approximate surface area is 123 Å². The molecule has 0 atom stereocenters. The van der Waals surface area contributed by atoms with Gasteiger partial charge in [0.15, 0.2) is 0 Å². The Bertz CT molecular complexity index is 596. The highest BCUT2D eigenvalue weighted by Gasteiger charge is 2.09. The Morgan fingerprint density at radius 3 is 2.32 bits per heavy atom. The van der Waals surface area contributed by atoms with Gasteiger partial charge in [-0.05, 0) is 64.7 Å². The summed E-state index contributed by atoms with van der Waals surface area (Å²) >= 11 is 4.88. The molecule has 0 saturated carbocycles. The standard InChI is InChI=1S/C14H11BrO3S/c1-19-11-5-2-9(3-6-11)18-10-4-7-12(14(16)17)13(15)8-10/h2-8H,1H3,(H,16,17). The minimum atomic E-state index is -0.970. The molecule has 3 nitrogen and oxygen atoms in total. The number of carbonyl (C=O) groups is 1. The Morgan fingerprint density at radius 2 is 1.79 bits per heavy atom. The summed E-state index contributed by atoms with van der Waals surface area (Å²) < 4.78 is 6.16. The highest BCUT2D eigenvalue weighted by atomic mass is 79.9. The van der Waals surface area contributed by atoms with Crippen LogP contribution in [0.2, 0.25) is 0 Å². The van der Waals surface area contributed by atoms with Crippen LogP contribution in [0.1, 0.15) is 10.4 Å². The van der Waals surface area contributed by atoms with Crippen molar-refractivity contribution in [2.75, 3.05) is 6.26 Å². The van der Waals surface area contributed by atoms with Gasteiger partial charge in [0.25, 0.3) is 0 Å². The molecule has 0 radical (unpaired) electrons. The highest BCUT2D eigenvalue weighted by Crippen LogP contribution is 2.28. The van der Waals surface area contributed by atoms with Gasteiger partial charge in [0.1, 0.15) is 11.5 Å². The predicted octanol–water partition coefficient (Wildman–Crippen LogP) is 4.66. The summed E-state index contributed by atoms with van der Waals surface area (Å²) in [6.45, 7) is 0. The van der Waals surface area contributed by atoms with Crippen LogP contribution in [-0.4, -0.2) is 17.3 Å². The fourth-order valence-corrected chi connectivity index (χ4v) is 2.45. The molecule has 2 rings (SSSR count). The first-order chi connectivity index (χ1) is 9.10. The summed E-state index contributed by atoms with van der Waals surface area (Å²) in [5.41, 5.74) is 0.213. The van der Waals surface area contributed by atoms with E-state index in [1.807, 2.05) is 30.5 Å². The lowest BCUT2D eigenvalue weighted by atomic mass is 10.2. The van der Waals surface area contributed by atoms with Crippen LogP contribution in [0.3, 0.4) is 0 Å². The molecule has 1 N–H and O–H groups in total. The van der Waals surface area contributed by atoms with Gasteiger partial charge >= 0.3 is 5.97 Å². The van der Waals surface area contributed by atoms with Crippen LogP contribution in [0.5, 0.6) is 11.5 Å². The van der Waals surface area contributed by atoms with Gasteiger partial charge in [0.2, 0.25) is 0 Å². The third kappa shape index (κ3) is 3.52. The van der Waals surface area contributed by atoms with Crippen LogP contribution in [0.4, 0.5) is 0 Å². The molecule has 0 saturated heterocycles. The van der Waals surface area contributed by atoms with Crippen LogP contribution in [-0.2, 0) is 0 Å². The molecule has 0 aromatic heterocycles. The molecule has 0 aliphatic heterocycles. The minimum absolute atomic E-state index is 0.213. The van der Waals surface area contributed by atoms with E-state index in [1.54, 1.807) is 23.9 Å². The summed E-state index contributed by atoms with van der Waals surface area (Å²) in [6.07, 6.45) is 2.01. The summed E-state index contributed by atoms with van der Waals surface area (Å²) in [5, 5.41) is 8.93. The van der Waals surface area contributed by atoms with E-state index >= 15 is 0 Å². The molecule has 0 unspecified atom stereocenters. The van der Waals surface area contributed by atoms with Crippen molar-refractivity contribution < 1.29 is 14.6 Å². The quantitative estimate of drug-likeness (QED) is 0.823. The number of ether oxygens (including phenoxy) is 1. The second-order valence-electron chi connectivity index (χ2n) is 3.72. The Kier molecular flexibility index (Phi) is 4.50. The lowest BCUT2D eigenvalue weighted by Crippen LogP contribution is -1.97. The molecule has 0 aliphatic carbocycles. The molecule has 2 aromatic carbocycles. The van der Waals surface area contributed by atoms with Crippen LogP contribution < -0.4 is 4.74 Å². The van der Waals surface area contributed by atoms with Gasteiger partial charge in [-0.3, -0.25) is 0 Å². The van der Waals surface area contributed by atoms with Crippen LogP contribution >= 0.6 is 27.7 Å². The van der Waals surface area contributed by atoms with E-state index in [2.05, 4.69) is 15.9 Å². The number of halogens is 1. The summed E-state index contributed by atoms with van der Waals surface area (Å²) in [6, 6.07) is 12.5. The zero-order chi connectivity index (χ0) is 13.8. The summed E-state index contributed by atoms with van der Waals surface area (Å²) in [5.74, 6) is 0.337. The maximum atomic E-state index is 10.9. The molecule has 0 amide bonds. The van der Waals surface area contributed by atoms with Gasteiger partial charge in [-0.1, -0.05) is 0 Å². The molecular formula is C14H11BrO3S. The normalized spacial score (nSPS) is 10.2. The molecule has 5 heteroatoms. The zero-order valence-electron chi connectivity index (χ0n) is 10.1. The van der Waals surface area contributed by atoms with Gasteiger partial charge < -0.3 is 9.84 Å². The second kappa shape index (κ2) is 6.12. The van der Waals surface area contributed by atoms with Crippen molar-refractivity contribution in [1.82, 2.24) is 0 Å². The first kappa shape index (κ1) is 14.0. The van der Waals surface area contributed by atoms with Crippen molar-refractivity contribution >= 4 is 33.7 Å². The molecular weight excluding hydrogens is 328 g/mol. The third-order valence-electron chi connectivity index (χ3n) is 2.47. The fraction of sp³-hybridized carbons (Fsp3) is 0.0714. The Hall–Kier alpha value is -1.46. The van der Waals surface area contributed by atoms with Gasteiger partial charge in [0.05, 0.1) is 5.56 Å². The van der Waals surface area contributed by atoms with Crippen molar-refractivity contribution in [3.05, 3.63) is 52.5 Å². The predicted molar refractivity (Wildman–Crippen MR) is 79.4 cm³/mol. The van der Waals surface area contributed by atoms with E-state index in [4.69, 9.17) is 9.84 Å². The number of benzene rings is 2. The van der Waals surface area contributed by atoms with E-state index in [0.29, 0.717) is 16.0 Å². The van der Waals surface area contributed by atoms with E-state index in [1.165, 1.54) is 6.07 Å². The second-order valence-corrected chi connectivity index (χ2v) is 5.46. The third-order valence-corrected chi connectivity index (χ3v) is 3.87. The van der Waals surface area contributed by atoms with Crippen molar-refractivity contribution in [3.8, 4) is 11.5 Å². The number of aromatic carboxylic acids is 1. The topological polar surface area (TPSA) is 46.5 Å². The van der Waals surface area contributed by atoms with Gasteiger partial charge in [-0.2, -0.15) is 0 Å². The van der Waals surface area contributed by atoms with Crippen molar-refractivity contribution in [3.63, 3.8) is 0 Å². The average Bonchev–Trinajstić information content (AvgIpc) is 2.39. The maximum Gasteiger partial charge on any atom is 0.336 e. The van der Waals surface area contributed by atoms with Gasteiger partial charge in [-0.15, -0.1) is 11.8 Å². The number of hydrogen-bond acceptors (Lipinski definition) is 3. The van der Waals surface area contributed by atoms with Crippen molar-refractivity contribution in [2.24, 2.45) is 0 Å². The number of hydrogen-bond donors (Lipinski definition) is 1. The number of carboxylic acids is 1. The van der Waals surface area contributed by atoms with Crippen molar-refractivity contribution in [2.45, 2.75) is 4.90 Å². The van der Waals surface area contributed by atoms with Crippen LogP contribution in [0, 0.1) is 0 Å². The SMILES string of the molecule is CSc1ccc(Oc2ccc(C(=O)O)c(Br)c2)cc1. The molecule has 19 heavy (non-hydrogen) atoms. The summed E-state index contributed by atoms with van der Waals surface area (Å²) in [4.78, 5) is 12.1. The zero-order valence-corrected chi connectivity index (χ0v) is 12.5. The minimum Gasteiger partial charge on any atom is -0.478 e. The van der Waals surface area contributed by atoms with E-state index in [0.717, 1.165) is 4.90 Å². The lowest BCUT2D eigenvalue weighted by molar-refractivity contribution is 0.0696. The first-order valence-corrected chi connectivity index (χ1v) is 7.46. The fourth-order valence-electron chi connectivity index (χ4n) is 1.51. The van der Waals surface area contributed by atoms with Crippen LogP contribution in [0.15, 0.2) is 51.8 Å². The molecule has 0 heterocycles. The van der Waals surface area contributed by atoms with Gasteiger partial charge in [-0.25, -0.2) is 4.79 Å². The number of carboxylic acid groups (broad SMARTS) is 1. The monoisotopic (exact) mass is 338 g/mol. The van der Waals surface area contributed by atoms with Crippen molar-refractivity contribution in [1.29, 1.82) is 0 Å². The average molecular weight is 339 g/mol. The van der Waals surface area contributed by atoms with E-state index in [9.17, 15) is 4.79 Å². The van der Waals surface area contributed by atoms with E-state index in [-0.39, 0.29) is 5.56 Å². The summed E-state index contributed by atoms with van der Waals surface area (Å²) in [7, 11) is 0. The molecule has 0 spiro atoms. The molecule has 98 valence electrons. The smallest absolute Gasteiger partial charge is 0.336 e. The number of thioether (sulfide) groups is 1. The Balaban J connectivity index is 2.18. The van der Waals surface area contributed by atoms with E-state index < -0.39 is 5.97 Å². The van der Waals surface area contributed by atoms with Crippen LogP contribution in [0.25, 0.3) is 0 Å². The van der Waals surface area contributed by atoms with Gasteiger partial charge in [0, 0.05) is 9.37 Å². The molecule has 0 bridgehead atoms. The number of rotatable bonds is 4. The molecule has 0 aliphatic rings. The Morgan fingerprint density at radius 1 is 1.16 bits per heavy atom. The molecule has 0 fully saturated rings. The largest absolute Gasteiger partial charge is 0.478 e.